The van der Waals surface area contributed by atoms with E-state index in [-0.39, 0.29) is 0 Å². The Morgan fingerprint density at radius 1 is 0.618 bits per heavy atom. The largest absolute Gasteiger partial charge is 0.369 e. The van der Waals surface area contributed by atoms with Crippen molar-refractivity contribution in [2.45, 2.75) is 12.8 Å². The van der Waals surface area contributed by atoms with Crippen molar-refractivity contribution in [1.82, 2.24) is 39.7 Å². The van der Waals surface area contributed by atoms with E-state index in [1.165, 1.54) is 0 Å². The average Bonchev–Trinajstić information content (AvgIpc) is 2.90. The van der Waals surface area contributed by atoms with Gasteiger partial charge in [0.15, 0.2) is 11.3 Å². The zero-order valence-corrected chi connectivity index (χ0v) is 19.3. The third kappa shape index (κ3) is 5.52. The van der Waals surface area contributed by atoms with Crippen LogP contribution in [0.1, 0.15) is 12.8 Å². The van der Waals surface area contributed by atoms with Gasteiger partial charge in [0, 0.05) is 51.7 Å². The normalized spacial score (nSPS) is 15.1. The Bertz CT molecular complexity index is 1100. The molecule has 0 unspecified atom stereocenters. The fraction of sp³-hybridized carbons (Fsp3) is 0.417. The minimum atomic E-state index is 0.730. The molecule has 1 aliphatic heterocycles. The quantitative estimate of drug-likeness (QED) is 0.344. The van der Waals surface area contributed by atoms with Gasteiger partial charge in [-0.25, -0.2) is 29.9 Å². The molecule has 2 N–H and O–H groups in total. The van der Waals surface area contributed by atoms with E-state index >= 15 is 0 Å². The van der Waals surface area contributed by atoms with Crippen molar-refractivity contribution < 1.29 is 0 Å². The van der Waals surface area contributed by atoms with Gasteiger partial charge in [0.2, 0.25) is 0 Å². The van der Waals surface area contributed by atoms with Crippen LogP contribution in [0, 0.1) is 0 Å². The topological polar surface area (TPSA) is 108 Å². The average molecular weight is 459 g/mol. The molecular weight excluding hydrogens is 428 g/mol. The predicted molar refractivity (Wildman–Crippen MR) is 134 cm³/mol. The highest BCUT2D eigenvalue weighted by atomic mass is 15.3. The van der Waals surface area contributed by atoms with E-state index in [0.717, 1.165) is 98.9 Å². The smallest absolute Gasteiger partial charge is 0.164 e. The number of nitrogens with one attached hydrogen (secondary N) is 2. The Labute approximate surface area is 198 Å². The molecular formula is C24H30N10. The molecule has 4 aromatic heterocycles. The Hall–Kier alpha value is -3.50. The number of piperazine rings is 1. The van der Waals surface area contributed by atoms with Crippen LogP contribution in [0.4, 0.5) is 11.6 Å². The third-order valence-corrected chi connectivity index (χ3v) is 6.17. The molecule has 0 radical (unpaired) electrons. The van der Waals surface area contributed by atoms with Crippen LogP contribution in [0.2, 0.25) is 0 Å². The van der Waals surface area contributed by atoms with Gasteiger partial charge in [0.25, 0.3) is 0 Å². The summed E-state index contributed by atoms with van der Waals surface area (Å²) in [6.45, 7) is 8.45. The van der Waals surface area contributed by atoms with Crippen LogP contribution in [0.3, 0.4) is 0 Å². The summed E-state index contributed by atoms with van der Waals surface area (Å²) in [5.74, 6) is 1.73. The van der Waals surface area contributed by atoms with E-state index in [0.29, 0.717) is 0 Å². The number of aromatic nitrogens is 6. The van der Waals surface area contributed by atoms with Gasteiger partial charge >= 0.3 is 0 Å². The van der Waals surface area contributed by atoms with Gasteiger partial charge in [-0.2, -0.15) is 0 Å². The van der Waals surface area contributed by atoms with Gasteiger partial charge in [-0.15, -0.1) is 0 Å². The van der Waals surface area contributed by atoms with Gasteiger partial charge in [0.05, 0.1) is 10.8 Å². The first-order chi connectivity index (χ1) is 16.9. The van der Waals surface area contributed by atoms with E-state index in [4.69, 9.17) is 0 Å². The summed E-state index contributed by atoms with van der Waals surface area (Å²) < 4.78 is 0. The second-order valence-corrected chi connectivity index (χ2v) is 8.44. The van der Waals surface area contributed by atoms with E-state index < -0.39 is 0 Å². The fourth-order valence-electron chi connectivity index (χ4n) is 4.33. The molecule has 10 heteroatoms. The lowest BCUT2D eigenvalue weighted by atomic mass is 10.2. The van der Waals surface area contributed by atoms with Gasteiger partial charge in [-0.1, -0.05) is 0 Å². The molecule has 1 fully saturated rings. The van der Waals surface area contributed by atoms with Crippen molar-refractivity contribution in [3.63, 3.8) is 0 Å². The Kier molecular flexibility index (Phi) is 7.27. The van der Waals surface area contributed by atoms with Gasteiger partial charge in [-0.05, 0) is 50.2 Å². The maximum Gasteiger partial charge on any atom is 0.164 e. The molecule has 0 spiro atoms. The summed E-state index contributed by atoms with van der Waals surface area (Å²) in [6, 6.07) is 7.85. The Morgan fingerprint density at radius 2 is 1.09 bits per heavy atom. The lowest BCUT2D eigenvalue weighted by Crippen LogP contribution is -2.47. The van der Waals surface area contributed by atoms with E-state index in [1.807, 2.05) is 24.3 Å². The summed E-state index contributed by atoms with van der Waals surface area (Å²) >= 11 is 0. The fourth-order valence-corrected chi connectivity index (χ4v) is 4.33. The van der Waals surface area contributed by atoms with Crippen molar-refractivity contribution in [3.05, 3.63) is 49.3 Å². The maximum atomic E-state index is 4.37. The molecule has 0 amide bonds. The van der Waals surface area contributed by atoms with Crippen molar-refractivity contribution >= 4 is 33.7 Å². The van der Waals surface area contributed by atoms with Crippen LogP contribution < -0.4 is 10.6 Å². The van der Waals surface area contributed by atoms with Crippen LogP contribution in [-0.4, -0.2) is 92.1 Å². The second kappa shape index (κ2) is 11.1. The highest BCUT2D eigenvalue weighted by Crippen LogP contribution is 2.17. The number of pyridine rings is 2. The molecule has 5 heterocycles. The molecule has 1 aliphatic rings. The lowest BCUT2D eigenvalue weighted by molar-refractivity contribution is 0.132. The number of nitrogens with zero attached hydrogens (tertiary/aromatic N) is 8. The number of rotatable bonds is 10. The minimum Gasteiger partial charge on any atom is -0.369 e. The Morgan fingerprint density at radius 3 is 1.56 bits per heavy atom. The van der Waals surface area contributed by atoms with Crippen LogP contribution >= 0.6 is 0 Å². The van der Waals surface area contributed by atoms with E-state index in [1.54, 1.807) is 25.0 Å². The van der Waals surface area contributed by atoms with Crippen molar-refractivity contribution in [2.75, 3.05) is 63.0 Å². The number of hydrogen-bond donors (Lipinski definition) is 2. The molecule has 1 saturated heterocycles. The first-order valence-corrected chi connectivity index (χ1v) is 11.9. The highest BCUT2D eigenvalue weighted by Gasteiger charge is 2.16. The third-order valence-electron chi connectivity index (χ3n) is 6.17. The SMILES string of the molecule is c1cnc2ncnc(NCCCN3CCN(CCCNc4ncnc5ncccc45)CC3)c2c1. The zero-order chi connectivity index (χ0) is 23.0. The Balaban J connectivity index is 0.976. The maximum absolute atomic E-state index is 4.37. The molecule has 4 aromatic rings. The first kappa shape index (κ1) is 22.3. The molecule has 0 aromatic carbocycles. The highest BCUT2D eigenvalue weighted by molar-refractivity contribution is 5.86. The standard InChI is InChI=1S/C24H30N10/c1-5-19-21(25-7-1)29-17-31-23(19)27-9-3-11-33-13-15-34(16-14-33)12-4-10-28-24-20-6-2-8-26-22(20)30-18-32-24/h1-2,5-8,17-18H,3-4,9-16H2,(H,25,27,29,31)(H,26,28,30,32). The van der Waals surface area contributed by atoms with Gasteiger partial charge in [-0.3, -0.25) is 0 Å². The monoisotopic (exact) mass is 458 g/mol. The number of hydrogen-bond acceptors (Lipinski definition) is 10. The molecule has 0 saturated carbocycles. The molecule has 10 nitrogen and oxygen atoms in total. The van der Waals surface area contributed by atoms with Crippen LogP contribution in [0.5, 0.6) is 0 Å². The number of anilines is 2. The summed E-state index contributed by atoms with van der Waals surface area (Å²) in [7, 11) is 0. The van der Waals surface area contributed by atoms with Crippen LogP contribution in [-0.2, 0) is 0 Å². The van der Waals surface area contributed by atoms with Gasteiger partial charge in [0.1, 0.15) is 24.3 Å². The molecule has 34 heavy (non-hydrogen) atoms. The van der Waals surface area contributed by atoms with Crippen LogP contribution in [0.25, 0.3) is 22.1 Å². The lowest BCUT2D eigenvalue weighted by Gasteiger charge is -2.34. The number of fused-ring (bicyclic) bond motifs is 2. The summed E-state index contributed by atoms with van der Waals surface area (Å²) in [5, 5.41) is 8.83. The predicted octanol–water partition coefficient (Wildman–Crippen LogP) is 2.28. The van der Waals surface area contributed by atoms with Crippen molar-refractivity contribution in [2.24, 2.45) is 0 Å². The molecule has 0 atom stereocenters. The zero-order valence-electron chi connectivity index (χ0n) is 19.3. The second-order valence-electron chi connectivity index (χ2n) is 8.44. The van der Waals surface area contributed by atoms with E-state index in [9.17, 15) is 0 Å². The summed E-state index contributed by atoms with van der Waals surface area (Å²) in [5.41, 5.74) is 1.46. The van der Waals surface area contributed by atoms with Crippen molar-refractivity contribution in [3.8, 4) is 0 Å². The molecule has 0 aliphatic carbocycles. The van der Waals surface area contributed by atoms with E-state index in [2.05, 4.69) is 50.3 Å². The molecule has 0 bridgehead atoms. The first-order valence-electron chi connectivity index (χ1n) is 11.9. The summed E-state index contributed by atoms with van der Waals surface area (Å²) in [6.07, 6.45) is 8.81. The summed E-state index contributed by atoms with van der Waals surface area (Å²) in [4.78, 5) is 30.9. The van der Waals surface area contributed by atoms with Crippen molar-refractivity contribution in [1.29, 1.82) is 0 Å². The minimum absolute atomic E-state index is 0.730. The van der Waals surface area contributed by atoms with Crippen LogP contribution in [0.15, 0.2) is 49.3 Å². The molecule has 176 valence electrons. The molecule has 5 rings (SSSR count). The van der Waals surface area contributed by atoms with Gasteiger partial charge < -0.3 is 20.4 Å².